The third kappa shape index (κ3) is 3.86. The molecule has 0 amide bonds. The summed E-state index contributed by atoms with van der Waals surface area (Å²) in [6.45, 7) is 16.1. The zero-order valence-electron chi connectivity index (χ0n) is 19.9. The van der Waals surface area contributed by atoms with Gasteiger partial charge in [-0.1, -0.05) is 52.0 Å². The standard InChI is InChI=1S/C26H38O3Si/c1-8-28-23(27)16-15-21-13-11-18-25(5)19-17-20-12-9-10-14-22(20)26(21,25)29-30(6,7)24(2,3)4/h9-10,12,14,16H,8,11,13,17-19H2,1-7H3/t15?,25-,26-/m1/s1. The summed E-state index contributed by atoms with van der Waals surface area (Å²) >= 11 is 0. The van der Waals surface area contributed by atoms with Gasteiger partial charge in [0, 0.05) is 11.0 Å². The Bertz CT molecular complexity index is 873. The van der Waals surface area contributed by atoms with E-state index in [9.17, 15) is 4.79 Å². The lowest BCUT2D eigenvalue weighted by Gasteiger charge is -2.59. The highest BCUT2D eigenvalue weighted by molar-refractivity contribution is 6.74. The summed E-state index contributed by atoms with van der Waals surface area (Å²) in [4.78, 5) is 12.1. The van der Waals surface area contributed by atoms with Gasteiger partial charge in [-0.3, -0.25) is 0 Å². The van der Waals surface area contributed by atoms with Crippen LogP contribution in [-0.2, 0) is 26.0 Å². The summed E-state index contributed by atoms with van der Waals surface area (Å²) in [5, 5.41) is 0.0858. The van der Waals surface area contributed by atoms with Crippen molar-refractivity contribution in [2.75, 3.05) is 6.61 Å². The highest BCUT2D eigenvalue weighted by atomic mass is 28.4. The number of aryl methyl sites for hydroxylation is 1. The van der Waals surface area contributed by atoms with Gasteiger partial charge in [0.05, 0.1) is 12.7 Å². The van der Waals surface area contributed by atoms with Gasteiger partial charge in [-0.15, -0.1) is 5.73 Å². The fraction of sp³-hybridized carbons (Fsp3) is 0.615. The molecule has 0 aliphatic heterocycles. The molecule has 0 heterocycles. The van der Waals surface area contributed by atoms with Gasteiger partial charge in [0.2, 0.25) is 0 Å². The molecule has 0 unspecified atom stereocenters. The molecule has 0 aromatic heterocycles. The van der Waals surface area contributed by atoms with E-state index in [1.54, 1.807) is 0 Å². The molecule has 0 radical (unpaired) electrons. The molecule has 0 bridgehead atoms. The largest absolute Gasteiger partial charge is 0.462 e. The quantitative estimate of drug-likeness (QED) is 0.233. The summed E-state index contributed by atoms with van der Waals surface area (Å²) in [5.41, 5.74) is 6.61. The molecule has 1 aromatic carbocycles. The van der Waals surface area contributed by atoms with Crippen LogP contribution in [-0.4, -0.2) is 20.9 Å². The Morgan fingerprint density at radius 2 is 1.90 bits per heavy atom. The summed E-state index contributed by atoms with van der Waals surface area (Å²) in [5.74, 6) is -0.330. The Morgan fingerprint density at radius 3 is 2.57 bits per heavy atom. The first-order valence-corrected chi connectivity index (χ1v) is 14.3. The first-order chi connectivity index (χ1) is 14.0. The molecule has 3 nitrogen and oxygen atoms in total. The fourth-order valence-electron chi connectivity index (χ4n) is 4.93. The molecule has 3 rings (SSSR count). The average molecular weight is 427 g/mol. The molecule has 2 aliphatic rings. The van der Waals surface area contributed by atoms with Gasteiger partial charge in [0.1, 0.15) is 5.60 Å². The van der Waals surface area contributed by atoms with Crippen molar-refractivity contribution in [1.29, 1.82) is 0 Å². The van der Waals surface area contributed by atoms with E-state index in [1.807, 2.05) is 6.92 Å². The number of hydrogen-bond donors (Lipinski definition) is 0. The van der Waals surface area contributed by atoms with Crippen LogP contribution in [0.2, 0.25) is 18.1 Å². The first kappa shape index (κ1) is 23.1. The van der Waals surface area contributed by atoms with Crippen molar-refractivity contribution in [2.45, 2.75) is 90.5 Å². The van der Waals surface area contributed by atoms with Crippen LogP contribution < -0.4 is 0 Å². The van der Waals surface area contributed by atoms with E-state index < -0.39 is 13.9 Å². The number of carbonyl (C=O) groups excluding carboxylic acids is 1. The maximum Gasteiger partial charge on any atom is 0.338 e. The van der Waals surface area contributed by atoms with Gasteiger partial charge in [0.25, 0.3) is 0 Å². The van der Waals surface area contributed by atoms with Crippen LogP contribution >= 0.6 is 0 Å². The van der Waals surface area contributed by atoms with Crippen molar-refractivity contribution in [3.05, 3.63) is 52.8 Å². The summed E-state index contributed by atoms with van der Waals surface area (Å²) in [6.07, 6.45) is 6.77. The van der Waals surface area contributed by atoms with Crippen molar-refractivity contribution in [3.8, 4) is 0 Å². The molecule has 164 valence electrons. The van der Waals surface area contributed by atoms with Crippen molar-refractivity contribution in [2.24, 2.45) is 5.41 Å². The number of fused-ring (bicyclic) bond motifs is 3. The van der Waals surface area contributed by atoms with Crippen molar-refractivity contribution in [3.63, 3.8) is 0 Å². The van der Waals surface area contributed by atoms with Gasteiger partial charge in [-0.2, -0.15) is 0 Å². The van der Waals surface area contributed by atoms with E-state index in [0.717, 1.165) is 37.7 Å². The monoisotopic (exact) mass is 426 g/mol. The number of rotatable bonds is 4. The minimum Gasteiger partial charge on any atom is -0.462 e. The smallest absolute Gasteiger partial charge is 0.338 e. The zero-order chi connectivity index (χ0) is 22.2. The predicted molar refractivity (Wildman–Crippen MR) is 125 cm³/mol. The Labute approximate surface area is 183 Å². The van der Waals surface area contributed by atoms with Crippen LogP contribution in [0.15, 0.2) is 41.6 Å². The second kappa shape index (κ2) is 8.14. The van der Waals surface area contributed by atoms with Gasteiger partial charge in [0.15, 0.2) is 8.32 Å². The highest BCUT2D eigenvalue weighted by Crippen LogP contribution is 2.62. The number of hydrogen-bond acceptors (Lipinski definition) is 3. The van der Waals surface area contributed by atoms with Gasteiger partial charge in [-0.05, 0) is 68.3 Å². The topological polar surface area (TPSA) is 35.5 Å². The molecule has 2 atom stereocenters. The van der Waals surface area contributed by atoms with Crippen LogP contribution in [0.25, 0.3) is 0 Å². The molecule has 0 saturated heterocycles. The molecule has 1 aromatic rings. The molecular weight excluding hydrogens is 388 g/mol. The van der Waals surface area contributed by atoms with Crippen LogP contribution in [0.3, 0.4) is 0 Å². The van der Waals surface area contributed by atoms with E-state index in [4.69, 9.17) is 9.16 Å². The maximum absolute atomic E-state index is 12.1. The highest BCUT2D eigenvalue weighted by Gasteiger charge is 2.60. The third-order valence-electron chi connectivity index (χ3n) is 7.64. The van der Waals surface area contributed by atoms with E-state index in [-0.39, 0.29) is 16.4 Å². The average Bonchev–Trinajstić information content (AvgIpc) is 2.66. The number of benzene rings is 1. The third-order valence-corrected chi connectivity index (χ3v) is 12.1. The zero-order valence-corrected chi connectivity index (χ0v) is 20.9. The van der Waals surface area contributed by atoms with Crippen LogP contribution in [0.4, 0.5) is 0 Å². The van der Waals surface area contributed by atoms with Crippen molar-refractivity contribution in [1.82, 2.24) is 0 Å². The van der Waals surface area contributed by atoms with E-state index >= 15 is 0 Å². The second-order valence-corrected chi connectivity index (χ2v) is 15.4. The molecule has 0 N–H and O–H groups in total. The van der Waals surface area contributed by atoms with Crippen LogP contribution in [0.5, 0.6) is 0 Å². The normalized spacial score (nSPS) is 26.3. The lowest BCUT2D eigenvalue weighted by Crippen LogP contribution is -2.59. The fourth-order valence-corrected chi connectivity index (χ4v) is 6.48. The minimum absolute atomic E-state index is 0.0139. The number of ether oxygens (including phenoxy) is 1. The Morgan fingerprint density at radius 1 is 1.20 bits per heavy atom. The summed E-state index contributed by atoms with van der Waals surface area (Å²) in [6, 6.07) is 8.75. The van der Waals surface area contributed by atoms with Gasteiger partial charge >= 0.3 is 5.97 Å². The lowest BCUT2D eigenvalue weighted by molar-refractivity contribution is -0.137. The van der Waals surface area contributed by atoms with E-state index in [1.165, 1.54) is 17.2 Å². The Kier molecular flexibility index (Phi) is 6.26. The molecule has 2 aliphatic carbocycles. The Hall–Kier alpha value is -1.61. The summed E-state index contributed by atoms with van der Waals surface area (Å²) in [7, 11) is -2.13. The predicted octanol–water partition coefficient (Wildman–Crippen LogP) is 6.68. The molecule has 0 spiro atoms. The first-order valence-electron chi connectivity index (χ1n) is 11.4. The molecular formula is C26H38O3Si. The Balaban J connectivity index is 2.29. The van der Waals surface area contributed by atoms with Crippen molar-refractivity contribution >= 4 is 14.3 Å². The van der Waals surface area contributed by atoms with Crippen molar-refractivity contribution < 1.29 is 14.0 Å². The minimum atomic E-state index is -2.13. The second-order valence-electron chi connectivity index (χ2n) is 10.6. The lowest BCUT2D eigenvalue weighted by atomic mass is 9.54. The molecule has 1 saturated carbocycles. The number of esters is 1. The molecule has 1 fully saturated rings. The number of carbonyl (C=O) groups is 1. The van der Waals surface area contributed by atoms with Gasteiger partial charge in [-0.25, -0.2) is 4.79 Å². The van der Waals surface area contributed by atoms with E-state index in [2.05, 4.69) is 70.8 Å². The SMILES string of the molecule is CCOC(=O)C=C=C1CCC[C@]2(C)CCc3ccccc3[C@]12O[Si](C)(C)C(C)(C)C. The van der Waals surface area contributed by atoms with Gasteiger partial charge < -0.3 is 9.16 Å². The molecule has 4 heteroatoms. The van der Waals surface area contributed by atoms with E-state index in [0.29, 0.717) is 6.61 Å². The molecule has 30 heavy (non-hydrogen) atoms. The van der Waals surface area contributed by atoms with Crippen LogP contribution in [0.1, 0.15) is 71.4 Å². The summed E-state index contributed by atoms with van der Waals surface area (Å²) < 4.78 is 12.6. The van der Waals surface area contributed by atoms with Crippen LogP contribution in [0, 0.1) is 5.41 Å². The maximum atomic E-state index is 12.1.